The number of ether oxygens (including phenoxy) is 8. The van der Waals surface area contributed by atoms with E-state index in [1.807, 2.05) is 158 Å². The quantitative estimate of drug-likeness (QED) is 0.0389. The van der Waals surface area contributed by atoms with E-state index in [4.69, 9.17) is 42.3 Å². The molecule has 2 aliphatic rings. The molecule has 12 rings (SSSR count). The zero-order valence-corrected chi connectivity index (χ0v) is 56.5. The van der Waals surface area contributed by atoms with Crippen LogP contribution in [0.1, 0.15) is 64.5 Å². The number of hydrogen-bond donors (Lipinski definition) is 1. The molecule has 1 amide bonds. The van der Waals surface area contributed by atoms with Crippen molar-refractivity contribution < 1.29 is 51.9 Å². The van der Waals surface area contributed by atoms with Gasteiger partial charge in [0.15, 0.2) is 6.29 Å². The number of carbonyl (C=O) groups excluding carboxylic acids is 2. The van der Waals surface area contributed by atoms with Crippen molar-refractivity contribution in [2.24, 2.45) is 0 Å². The third kappa shape index (κ3) is 17.1. The molecular weight excluding hydrogens is 1240 g/mol. The first kappa shape index (κ1) is 67.6. The predicted octanol–water partition coefficient (Wildman–Crippen LogP) is 14.6. The van der Waals surface area contributed by atoms with Gasteiger partial charge in [0.05, 0.1) is 45.0 Å². The van der Waals surface area contributed by atoms with Gasteiger partial charge in [0, 0.05) is 4.90 Å². The van der Waals surface area contributed by atoms with Crippen LogP contribution < -0.4 is 15.7 Å². The minimum atomic E-state index is -3.32. The fourth-order valence-electron chi connectivity index (χ4n) is 12.9. The first-order valence-electron chi connectivity index (χ1n) is 33.0. The molecule has 2 aliphatic heterocycles. The Labute approximate surface area is 569 Å². The maximum atomic E-state index is 15.2. The Kier molecular flexibility index (Phi) is 23.0. The van der Waals surface area contributed by atoms with Crippen LogP contribution in [0.2, 0.25) is 5.04 Å². The van der Waals surface area contributed by atoms with Gasteiger partial charge in [-0.25, -0.2) is 4.79 Å². The summed E-state index contributed by atoms with van der Waals surface area (Å²) in [6, 6.07) is 91.1. The zero-order valence-electron chi connectivity index (χ0n) is 54.7. The average molecular weight is 1320 g/mol. The van der Waals surface area contributed by atoms with E-state index in [0.29, 0.717) is 5.56 Å². The van der Waals surface area contributed by atoms with Gasteiger partial charge in [0.2, 0.25) is 5.91 Å². The number of nitrogens with one attached hydrogen (secondary N) is 1. The lowest BCUT2D eigenvalue weighted by Gasteiger charge is -2.51. The van der Waals surface area contributed by atoms with Crippen molar-refractivity contribution in [3.8, 4) is 0 Å². The molecular formula is C82H83NO11SSi. The topological polar surface area (TPSA) is 129 Å². The molecule has 0 bridgehead atoms. The first-order chi connectivity index (χ1) is 46.9. The Morgan fingerprint density at radius 1 is 0.458 bits per heavy atom. The number of hydrogen-bond acceptors (Lipinski definition) is 12. The highest BCUT2D eigenvalue weighted by Gasteiger charge is 2.57. The second kappa shape index (κ2) is 32.6. The number of thioether (sulfide) groups is 1. The molecule has 0 unspecified atom stereocenters. The van der Waals surface area contributed by atoms with Crippen LogP contribution in [0.3, 0.4) is 0 Å². The number of aryl methyl sites for hydroxylation is 1. The van der Waals surface area contributed by atoms with E-state index >= 15 is 4.79 Å². The van der Waals surface area contributed by atoms with E-state index in [9.17, 15) is 4.79 Å². The summed E-state index contributed by atoms with van der Waals surface area (Å²) in [6.07, 6.45) is -8.21. The van der Waals surface area contributed by atoms with E-state index in [2.05, 4.69) is 130 Å². The van der Waals surface area contributed by atoms with Crippen LogP contribution in [0.5, 0.6) is 0 Å². The minimum absolute atomic E-state index is 0.0147. The van der Waals surface area contributed by atoms with Crippen molar-refractivity contribution in [2.45, 2.75) is 131 Å². The highest BCUT2D eigenvalue weighted by Crippen LogP contribution is 2.43. The fourth-order valence-corrected chi connectivity index (χ4v) is 18.6. The Bertz CT molecular complexity index is 3990. The molecule has 0 aromatic heterocycles. The lowest BCUT2D eigenvalue weighted by molar-refractivity contribution is -0.332. The molecule has 10 atom stereocenters. The maximum absolute atomic E-state index is 15.2. The third-order valence-electron chi connectivity index (χ3n) is 17.7. The number of fused-ring (bicyclic) bond motifs is 1. The molecule has 2 saturated heterocycles. The summed E-state index contributed by atoms with van der Waals surface area (Å²) in [5.41, 5.74) is 5.21. The van der Waals surface area contributed by atoms with Gasteiger partial charge < -0.3 is 47.6 Å². The molecule has 2 heterocycles. The van der Waals surface area contributed by atoms with Crippen molar-refractivity contribution in [1.29, 1.82) is 0 Å². The van der Waals surface area contributed by atoms with Crippen molar-refractivity contribution in [2.75, 3.05) is 13.2 Å². The molecule has 96 heavy (non-hydrogen) atoms. The summed E-state index contributed by atoms with van der Waals surface area (Å²) >= 11 is 1.55. The van der Waals surface area contributed by atoms with Crippen LogP contribution in [0.4, 0.5) is 0 Å². The monoisotopic (exact) mass is 1320 g/mol. The number of carbonyl (C=O) groups is 2. The van der Waals surface area contributed by atoms with Gasteiger partial charge >= 0.3 is 5.97 Å². The molecule has 12 nitrogen and oxygen atoms in total. The van der Waals surface area contributed by atoms with Crippen LogP contribution in [0.15, 0.2) is 284 Å². The average Bonchev–Trinajstić information content (AvgIpc) is 0.750. The summed E-state index contributed by atoms with van der Waals surface area (Å²) in [5.74, 6) is -0.878. The molecule has 10 aromatic rings. The molecule has 1 N–H and O–H groups in total. The standard InChI is InChI=1S/C82H83NO11SSi/c1-58-44-48-67(49-45-58)95-81-78(89-54-62-34-18-8-19-35-62)77(88-53-61-32-16-7-17-33-61)75(71(93-81)57-91-96(82(2,3)4,68-40-22-10-23-41-68)69-42-24-11-25-43-69)94-80-73(83-72(84)51-59-28-12-5-13-29-59)76(87-52-60-30-14-6-15-31-60)74(70(92-80)56-90-79(85)65-37-20-9-21-38-65)86-55-63-46-47-64-36-26-27-39-66(64)50-63/h5-50,70-71,73-78,80-81H,51-57H2,1-4H3,(H,83,84)/t70-,71-,73-,74-,75-,76-,77+,78-,80-,81+/m1/s1. The van der Waals surface area contributed by atoms with Crippen LogP contribution in [0.25, 0.3) is 10.8 Å². The van der Waals surface area contributed by atoms with Gasteiger partial charge in [-0.15, -0.1) is 0 Å². The fraction of sp³-hybridized carbons (Fsp3) is 0.268. The number of esters is 1. The van der Waals surface area contributed by atoms with E-state index in [0.717, 1.165) is 59.4 Å². The van der Waals surface area contributed by atoms with Crippen LogP contribution in [-0.4, -0.2) is 93.9 Å². The highest BCUT2D eigenvalue weighted by molar-refractivity contribution is 7.99. The smallest absolute Gasteiger partial charge is 0.338 e. The van der Waals surface area contributed by atoms with E-state index in [1.54, 1.807) is 36.0 Å². The Hall–Kier alpha value is -8.35. The van der Waals surface area contributed by atoms with E-state index < -0.39 is 79.8 Å². The second-order valence-electron chi connectivity index (χ2n) is 25.6. The summed E-state index contributed by atoms with van der Waals surface area (Å²) in [6.45, 7) is 9.13. The van der Waals surface area contributed by atoms with Gasteiger partial charge in [-0.3, -0.25) is 4.79 Å². The van der Waals surface area contributed by atoms with Crippen LogP contribution >= 0.6 is 11.8 Å². The van der Waals surface area contributed by atoms with Crippen molar-refractivity contribution in [3.63, 3.8) is 0 Å². The molecule has 10 aromatic carbocycles. The van der Waals surface area contributed by atoms with E-state index in [1.165, 1.54) is 0 Å². The molecule has 0 radical (unpaired) electrons. The first-order valence-corrected chi connectivity index (χ1v) is 35.8. The summed E-state index contributed by atoms with van der Waals surface area (Å²) in [7, 11) is -3.32. The molecule has 492 valence electrons. The molecule has 0 saturated carbocycles. The third-order valence-corrected chi connectivity index (χ3v) is 23.9. The lowest BCUT2D eigenvalue weighted by atomic mass is 9.94. The summed E-state index contributed by atoms with van der Waals surface area (Å²) in [5, 5.41) is 7.29. The molecule has 2 fully saturated rings. The van der Waals surface area contributed by atoms with Crippen LogP contribution in [0, 0.1) is 6.92 Å². The van der Waals surface area contributed by atoms with E-state index in [-0.39, 0.29) is 52.0 Å². The maximum Gasteiger partial charge on any atom is 0.338 e. The van der Waals surface area contributed by atoms with Gasteiger partial charge in [-0.05, 0) is 91.3 Å². The van der Waals surface area contributed by atoms with Crippen molar-refractivity contribution in [3.05, 3.63) is 318 Å². The molecule has 0 spiro atoms. The van der Waals surface area contributed by atoms with Crippen LogP contribution in [-0.2, 0) is 80.0 Å². The SMILES string of the molecule is Cc1ccc(S[C@@H]2O[C@H](CO[Si](c3ccccc3)(c3ccccc3)C(C)(C)C)[C@@H](O[C@H]3O[C@H](COC(=O)c4ccccc4)[C@@H](OCc4ccc5ccccc5c4)[C@H](OCc4ccccc4)[C@H]3NC(=O)Cc3ccccc3)[C@H](OCc3ccccc3)[C@H]2OCc2ccccc2)cc1. The zero-order chi connectivity index (χ0) is 66.1. The molecule has 14 heteroatoms. The number of amides is 1. The summed E-state index contributed by atoms with van der Waals surface area (Å²) in [4.78, 5) is 30.4. The van der Waals surface area contributed by atoms with Gasteiger partial charge in [-0.1, -0.05) is 287 Å². The van der Waals surface area contributed by atoms with Gasteiger partial charge in [0.25, 0.3) is 8.32 Å². The van der Waals surface area contributed by atoms with Crippen molar-refractivity contribution >= 4 is 53.1 Å². The number of benzene rings is 10. The highest BCUT2D eigenvalue weighted by atomic mass is 32.2. The summed E-state index contributed by atoms with van der Waals surface area (Å²) < 4.78 is 66.6. The van der Waals surface area contributed by atoms with Gasteiger partial charge in [-0.2, -0.15) is 0 Å². The minimum Gasteiger partial charge on any atom is -0.459 e. The Balaban J connectivity index is 1.02. The Morgan fingerprint density at radius 2 is 0.927 bits per heavy atom. The van der Waals surface area contributed by atoms with Crippen molar-refractivity contribution in [1.82, 2.24) is 5.32 Å². The predicted molar refractivity (Wildman–Crippen MR) is 379 cm³/mol. The largest absolute Gasteiger partial charge is 0.459 e. The molecule has 0 aliphatic carbocycles. The lowest BCUT2D eigenvalue weighted by Crippen LogP contribution is -2.70. The number of rotatable bonds is 27. The second-order valence-corrected chi connectivity index (χ2v) is 31.0. The van der Waals surface area contributed by atoms with Gasteiger partial charge in [0.1, 0.15) is 60.8 Å². The normalized spacial score (nSPS) is 21.3. The Morgan fingerprint density at radius 3 is 1.49 bits per heavy atom.